The maximum atomic E-state index is 12.2. The molecule has 0 saturated heterocycles. The summed E-state index contributed by atoms with van der Waals surface area (Å²) in [5.41, 5.74) is 7.21. The molecule has 2 aromatic rings. The van der Waals surface area contributed by atoms with Crippen molar-refractivity contribution in [3.8, 4) is 0 Å². The van der Waals surface area contributed by atoms with Gasteiger partial charge < -0.3 is 11.1 Å². The molecule has 0 aliphatic carbocycles. The molecule has 1 aromatic carbocycles. The minimum absolute atomic E-state index is 0.109. The molecule has 1 amide bonds. The summed E-state index contributed by atoms with van der Waals surface area (Å²) in [4.78, 5) is 20.5. The van der Waals surface area contributed by atoms with E-state index in [1.54, 1.807) is 13.0 Å². The van der Waals surface area contributed by atoms with Gasteiger partial charge in [0.2, 0.25) is 5.91 Å². The smallest absolute Gasteiger partial charge is 0.237 e. The summed E-state index contributed by atoms with van der Waals surface area (Å²) >= 11 is 4.65. The summed E-state index contributed by atoms with van der Waals surface area (Å²) in [5, 5.41) is 3.03. The molecule has 5 nitrogen and oxygen atoms in total. The van der Waals surface area contributed by atoms with Crippen molar-refractivity contribution >= 4 is 45.1 Å². The molecule has 110 valence electrons. The third kappa shape index (κ3) is 4.71. The Morgan fingerprint density at radius 1 is 1.38 bits per heavy atom. The molecule has 3 N–H and O–H groups in total. The Hall–Kier alpha value is -1.60. The number of aryl methyl sites for hydroxylation is 1. The number of rotatable bonds is 4. The maximum Gasteiger partial charge on any atom is 0.237 e. The summed E-state index contributed by atoms with van der Waals surface area (Å²) in [6, 6.07) is 9.13. The molecule has 1 aromatic heterocycles. The van der Waals surface area contributed by atoms with Crippen LogP contribution >= 0.6 is 27.7 Å². The minimum Gasteiger partial charge on any atom is -0.384 e. The molecule has 2 rings (SSSR count). The summed E-state index contributed by atoms with van der Waals surface area (Å²) in [5.74, 6) is 0.298. The van der Waals surface area contributed by atoms with Gasteiger partial charge in [-0.2, -0.15) is 0 Å². The number of carbonyl (C=O) groups is 1. The van der Waals surface area contributed by atoms with Crippen molar-refractivity contribution in [1.82, 2.24) is 9.97 Å². The Bertz CT molecular complexity index is 645. The van der Waals surface area contributed by atoms with Gasteiger partial charge in [-0.1, -0.05) is 33.8 Å². The fourth-order valence-corrected chi connectivity index (χ4v) is 2.88. The van der Waals surface area contributed by atoms with Crippen LogP contribution in [0.2, 0.25) is 0 Å². The van der Waals surface area contributed by atoms with Gasteiger partial charge in [0.05, 0.1) is 5.25 Å². The number of amides is 1. The predicted molar refractivity (Wildman–Crippen MR) is 89.3 cm³/mol. The average molecular weight is 367 g/mol. The van der Waals surface area contributed by atoms with Crippen molar-refractivity contribution in [3.63, 3.8) is 0 Å². The van der Waals surface area contributed by atoms with E-state index in [4.69, 9.17) is 5.73 Å². The third-order valence-electron chi connectivity index (χ3n) is 2.60. The predicted octanol–water partition coefficient (Wildman–Crippen LogP) is 3.25. The summed E-state index contributed by atoms with van der Waals surface area (Å²) in [6.45, 7) is 3.65. The van der Waals surface area contributed by atoms with Crippen molar-refractivity contribution in [2.75, 3.05) is 11.1 Å². The van der Waals surface area contributed by atoms with Crippen LogP contribution in [0.5, 0.6) is 0 Å². The fraction of sp³-hybridized carbons (Fsp3) is 0.214. The van der Waals surface area contributed by atoms with E-state index < -0.39 is 0 Å². The molecule has 1 atom stereocenters. The molecule has 0 saturated carbocycles. The first-order chi connectivity index (χ1) is 9.94. The van der Waals surface area contributed by atoms with Crippen LogP contribution in [0.15, 0.2) is 40.0 Å². The van der Waals surface area contributed by atoms with Gasteiger partial charge in [0.1, 0.15) is 5.82 Å². The molecule has 0 aliphatic rings. The van der Waals surface area contributed by atoms with Crippen LogP contribution in [0, 0.1) is 6.92 Å². The van der Waals surface area contributed by atoms with Crippen molar-refractivity contribution in [3.05, 3.63) is 40.5 Å². The fourth-order valence-electron chi connectivity index (χ4n) is 1.64. The van der Waals surface area contributed by atoms with E-state index in [1.807, 2.05) is 31.2 Å². The lowest BCUT2D eigenvalue weighted by molar-refractivity contribution is -0.115. The Kier molecular flexibility index (Phi) is 5.19. The number of nitrogens with two attached hydrogens (primary N) is 1. The van der Waals surface area contributed by atoms with E-state index in [0.717, 1.165) is 15.9 Å². The number of nitrogens with one attached hydrogen (secondary N) is 1. The van der Waals surface area contributed by atoms with Crippen LogP contribution in [0.3, 0.4) is 0 Å². The Morgan fingerprint density at radius 3 is 2.81 bits per heavy atom. The standard InChI is InChI=1S/C14H15BrN4OS/c1-8-6-12(16)19-14(17-8)21-9(2)13(20)18-11-5-3-4-10(15)7-11/h3-7,9H,1-2H3,(H,18,20)(H2,16,17,19). The quantitative estimate of drug-likeness (QED) is 0.641. The highest BCUT2D eigenvalue weighted by Crippen LogP contribution is 2.22. The lowest BCUT2D eigenvalue weighted by Crippen LogP contribution is -2.22. The highest BCUT2D eigenvalue weighted by Gasteiger charge is 2.16. The second-order valence-corrected chi connectivity index (χ2v) is 6.70. The van der Waals surface area contributed by atoms with E-state index in [0.29, 0.717) is 11.0 Å². The summed E-state index contributed by atoms with van der Waals surface area (Å²) in [7, 11) is 0. The van der Waals surface area contributed by atoms with Crippen molar-refractivity contribution in [2.24, 2.45) is 0 Å². The topological polar surface area (TPSA) is 80.9 Å². The van der Waals surface area contributed by atoms with Gasteiger partial charge in [0.25, 0.3) is 0 Å². The van der Waals surface area contributed by atoms with Gasteiger partial charge in [-0.15, -0.1) is 0 Å². The first-order valence-electron chi connectivity index (χ1n) is 6.28. The van der Waals surface area contributed by atoms with Gasteiger partial charge in [0.15, 0.2) is 5.16 Å². The molecule has 0 fully saturated rings. The first-order valence-corrected chi connectivity index (χ1v) is 7.95. The monoisotopic (exact) mass is 366 g/mol. The van der Waals surface area contributed by atoms with Crippen LogP contribution in [-0.2, 0) is 4.79 Å². The average Bonchev–Trinajstić information content (AvgIpc) is 2.37. The van der Waals surface area contributed by atoms with Gasteiger partial charge >= 0.3 is 0 Å². The maximum absolute atomic E-state index is 12.2. The van der Waals surface area contributed by atoms with Crippen LogP contribution in [0.1, 0.15) is 12.6 Å². The van der Waals surface area contributed by atoms with Crippen molar-refractivity contribution in [2.45, 2.75) is 24.3 Å². The number of halogens is 1. The van der Waals surface area contributed by atoms with Crippen molar-refractivity contribution in [1.29, 1.82) is 0 Å². The highest BCUT2D eigenvalue weighted by atomic mass is 79.9. The second-order valence-electron chi connectivity index (χ2n) is 4.48. The molecule has 1 unspecified atom stereocenters. The SMILES string of the molecule is Cc1cc(N)nc(SC(C)C(=O)Nc2cccc(Br)c2)n1. The largest absolute Gasteiger partial charge is 0.384 e. The van der Waals surface area contributed by atoms with Gasteiger partial charge in [-0.25, -0.2) is 9.97 Å². The number of benzene rings is 1. The summed E-state index contributed by atoms with van der Waals surface area (Å²) < 4.78 is 0.912. The lowest BCUT2D eigenvalue weighted by atomic mass is 10.3. The zero-order valence-corrected chi connectivity index (χ0v) is 14.0. The number of nitrogens with zero attached hydrogens (tertiary/aromatic N) is 2. The molecular formula is C14H15BrN4OS. The molecule has 0 radical (unpaired) electrons. The van der Waals surface area contributed by atoms with Crippen LogP contribution < -0.4 is 11.1 Å². The van der Waals surface area contributed by atoms with Gasteiger partial charge in [0, 0.05) is 21.9 Å². The number of hydrogen-bond donors (Lipinski definition) is 2. The van der Waals surface area contributed by atoms with Crippen LogP contribution in [0.25, 0.3) is 0 Å². The van der Waals surface area contributed by atoms with Gasteiger partial charge in [-0.05, 0) is 32.0 Å². The van der Waals surface area contributed by atoms with Crippen LogP contribution in [-0.4, -0.2) is 21.1 Å². The number of aromatic nitrogens is 2. The van der Waals surface area contributed by atoms with Gasteiger partial charge in [-0.3, -0.25) is 4.79 Å². The molecule has 7 heteroatoms. The lowest BCUT2D eigenvalue weighted by Gasteiger charge is -2.11. The van der Waals surface area contributed by atoms with Crippen molar-refractivity contribution < 1.29 is 4.79 Å². The van der Waals surface area contributed by atoms with Crippen LogP contribution in [0.4, 0.5) is 11.5 Å². The zero-order chi connectivity index (χ0) is 15.4. The Balaban J connectivity index is 2.02. The normalized spacial score (nSPS) is 12.0. The number of anilines is 2. The number of carbonyl (C=O) groups excluding carboxylic acids is 1. The van der Waals surface area contributed by atoms with E-state index in [2.05, 4.69) is 31.2 Å². The van der Waals surface area contributed by atoms with E-state index in [1.165, 1.54) is 11.8 Å². The molecule has 0 bridgehead atoms. The Labute approximate surface area is 135 Å². The zero-order valence-electron chi connectivity index (χ0n) is 11.6. The van der Waals surface area contributed by atoms with E-state index in [-0.39, 0.29) is 11.2 Å². The first kappa shape index (κ1) is 15.8. The molecular weight excluding hydrogens is 352 g/mol. The Morgan fingerprint density at radius 2 is 2.14 bits per heavy atom. The summed E-state index contributed by atoms with van der Waals surface area (Å²) in [6.07, 6.45) is 0. The molecule has 0 spiro atoms. The third-order valence-corrected chi connectivity index (χ3v) is 4.05. The number of thioether (sulfide) groups is 1. The number of hydrogen-bond acceptors (Lipinski definition) is 5. The van der Waals surface area contributed by atoms with E-state index in [9.17, 15) is 4.79 Å². The highest BCUT2D eigenvalue weighted by molar-refractivity contribution is 9.10. The molecule has 21 heavy (non-hydrogen) atoms. The molecule has 0 aliphatic heterocycles. The molecule has 1 heterocycles. The number of nitrogen functional groups attached to an aromatic ring is 1. The minimum atomic E-state index is -0.329. The second kappa shape index (κ2) is 6.91. The van der Waals surface area contributed by atoms with E-state index >= 15 is 0 Å².